The molecular formula is C14H22BrN5. The molecule has 0 amide bonds. The van der Waals surface area contributed by atoms with E-state index in [1.54, 1.807) is 6.33 Å². The van der Waals surface area contributed by atoms with Crippen LogP contribution in [0.5, 0.6) is 0 Å². The van der Waals surface area contributed by atoms with Gasteiger partial charge in [-0.2, -0.15) is 0 Å². The molecule has 1 aromatic rings. The second kappa shape index (κ2) is 6.26. The van der Waals surface area contributed by atoms with Crippen molar-refractivity contribution < 1.29 is 0 Å². The maximum Gasteiger partial charge on any atom is 0.148 e. The summed E-state index contributed by atoms with van der Waals surface area (Å²) in [6, 6.07) is 0.696. The number of anilines is 2. The van der Waals surface area contributed by atoms with E-state index in [0.29, 0.717) is 6.04 Å². The number of hydrogen-bond donors (Lipinski definition) is 1. The Morgan fingerprint density at radius 1 is 1.30 bits per heavy atom. The van der Waals surface area contributed by atoms with E-state index in [0.717, 1.165) is 35.7 Å². The highest BCUT2D eigenvalue weighted by Gasteiger charge is 2.31. The lowest BCUT2D eigenvalue weighted by molar-refractivity contribution is 0.260. The summed E-state index contributed by atoms with van der Waals surface area (Å²) in [7, 11) is 0. The van der Waals surface area contributed by atoms with Gasteiger partial charge in [-0.25, -0.2) is 9.97 Å². The molecule has 0 spiro atoms. The molecular weight excluding hydrogens is 318 g/mol. The van der Waals surface area contributed by atoms with Crippen LogP contribution in [0.1, 0.15) is 26.2 Å². The molecule has 2 saturated heterocycles. The van der Waals surface area contributed by atoms with Crippen LogP contribution in [0.4, 0.5) is 11.6 Å². The Hall–Kier alpha value is -0.880. The van der Waals surface area contributed by atoms with Crippen molar-refractivity contribution in [1.29, 1.82) is 0 Å². The van der Waals surface area contributed by atoms with Gasteiger partial charge >= 0.3 is 0 Å². The van der Waals surface area contributed by atoms with E-state index in [2.05, 4.69) is 47.9 Å². The number of likely N-dealkylation sites (tertiary alicyclic amines) is 1. The van der Waals surface area contributed by atoms with E-state index < -0.39 is 0 Å². The van der Waals surface area contributed by atoms with Crippen LogP contribution in [0.3, 0.4) is 0 Å². The normalized spacial score (nSPS) is 23.5. The van der Waals surface area contributed by atoms with Crippen LogP contribution in [-0.4, -0.2) is 53.6 Å². The third-order valence-corrected chi connectivity index (χ3v) is 4.97. The molecule has 0 bridgehead atoms. The van der Waals surface area contributed by atoms with E-state index in [1.165, 1.54) is 32.4 Å². The Labute approximate surface area is 128 Å². The van der Waals surface area contributed by atoms with Crippen LogP contribution in [0.2, 0.25) is 0 Å². The van der Waals surface area contributed by atoms with E-state index in [1.807, 2.05) is 0 Å². The first-order chi connectivity index (χ1) is 9.79. The number of nitrogens with zero attached hydrogens (tertiary/aromatic N) is 4. The van der Waals surface area contributed by atoms with Gasteiger partial charge < -0.3 is 10.2 Å². The molecule has 0 aromatic carbocycles. The Bertz CT molecular complexity index is 461. The molecule has 3 rings (SSSR count). The van der Waals surface area contributed by atoms with Crippen molar-refractivity contribution in [2.24, 2.45) is 0 Å². The van der Waals surface area contributed by atoms with Gasteiger partial charge in [0.15, 0.2) is 0 Å². The average Bonchev–Trinajstić information content (AvgIpc) is 3.11. The molecule has 1 aromatic heterocycles. The first-order valence-electron chi connectivity index (χ1n) is 7.53. The van der Waals surface area contributed by atoms with Crippen molar-refractivity contribution in [3.8, 4) is 0 Å². The molecule has 1 unspecified atom stereocenters. The standard InChI is InChI=1S/C14H22BrN5/c1-2-16-13-12(15)14(18-10-17-13)20-8-5-11(9-20)19-6-3-4-7-19/h10-11H,2-9H2,1H3,(H,16,17,18). The van der Waals surface area contributed by atoms with Crippen LogP contribution in [0.25, 0.3) is 0 Å². The molecule has 1 N–H and O–H groups in total. The molecule has 20 heavy (non-hydrogen) atoms. The Kier molecular flexibility index (Phi) is 4.41. The first kappa shape index (κ1) is 14.1. The van der Waals surface area contributed by atoms with Gasteiger partial charge in [-0.05, 0) is 55.2 Å². The van der Waals surface area contributed by atoms with Gasteiger partial charge in [-0.15, -0.1) is 0 Å². The Morgan fingerprint density at radius 3 is 2.85 bits per heavy atom. The zero-order valence-electron chi connectivity index (χ0n) is 12.0. The summed E-state index contributed by atoms with van der Waals surface area (Å²) in [5, 5.41) is 3.27. The maximum absolute atomic E-state index is 4.47. The van der Waals surface area contributed by atoms with Crippen molar-refractivity contribution in [2.45, 2.75) is 32.2 Å². The monoisotopic (exact) mass is 339 g/mol. The molecule has 2 aliphatic heterocycles. The lowest BCUT2D eigenvalue weighted by Gasteiger charge is -2.24. The summed E-state index contributed by atoms with van der Waals surface area (Å²) >= 11 is 3.65. The first-order valence-corrected chi connectivity index (χ1v) is 8.32. The fourth-order valence-electron chi connectivity index (χ4n) is 3.21. The highest BCUT2D eigenvalue weighted by Crippen LogP contribution is 2.32. The molecule has 2 fully saturated rings. The van der Waals surface area contributed by atoms with Gasteiger partial charge in [-0.3, -0.25) is 4.90 Å². The van der Waals surface area contributed by atoms with Crippen molar-refractivity contribution in [2.75, 3.05) is 42.9 Å². The minimum absolute atomic E-state index is 0.696. The average molecular weight is 340 g/mol. The fraction of sp³-hybridized carbons (Fsp3) is 0.714. The highest BCUT2D eigenvalue weighted by atomic mass is 79.9. The van der Waals surface area contributed by atoms with Gasteiger partial charge in [0.05, 0.1) is 0 Å². The highest BCUT2D eigenvalue weighted by molar-refractivity contribution is 9.10. The molecule has 0 saturated carbocycles. The predicted molar refractivity (Wildman–Crippen MR) is 85.3 cm³/mol. The van der Waals surface area contributed by atoms with Crippen LogP contribution in [0, 0.1) is 0 Å². The summed E-state index contributed by atoms with van der Waals surface area (Å²) < 4.78 is 0.990. The Morgan fingerprint density at radius 2 is 2.10 bits per heavy atom. The summed E-state index contributed by atoms with van der Waals surface area (Å²) in [6.45, 7) is 7.65. The second-order valence-electron chi connectivity index (χ2n) is 5.52. The molecule has 0 aliphatic carbocycles. The SMILES string of the molecule is CCNc1ncnc(N2CCC(N3CCCC3)C2)c1Br. The number of rotatable bonds is 4. The summed E-state index contributed by atoms with van der Waals surface area (Å²) in [4.78, 5) is 13.8. The largest absolute Gasteiger partial charge is 0.369 e. The van der Waals surface area contributed by atoms with E-state index in [-0.39, 0.29) is 0 Å². The number of halogens is 1. The maximum atomic E-state index is 4.47. The molecule has 6 heteroatoms. The molecule has 110 valence electrons. The second-order valence-corrected chi connectivity index (χ2v) is 6.31. The number of hydrogen-bond acceptors (Lipinski definition) is 5. The van der Waals surface area contributed by atoms with Gasteiger partial charge in [0.25, 0.3) is 0 Å². The fourth-order valence-corrected chi connectivity index (χ4v) is 3.81. The summed E-state index contributed by atoms with van der Waals surface area (Å²) in [5.41, 5.74) is 0. The third-order valence-electron chi connectivity index (χ3n) is 4.24. The molecule has 3 heterocycles. The zero-order valence-corrected chi connectivity index (χ0v) is 13.6. The van der Waals surface area contributed by atoms with Crippen LogP contribution in [0.15, 0.2) is 10.8 Å². The van der Waals surface area contributed by atoms with E-state index in [4.69, 9.17) is 0 Å². The van der Waals surface area contributed by atoms with E-state index >= 15 is 0 Å². The minimum Gasteiger partial charge on any atom is -0.369 e. The third kappa shape index (κ3) is 2.76. The molecule has 5 nitrogen and oxygen atoms in total. The smallest absolute Gasteiger partial charge is 0.148 e. The molecule has 0 radical (unpaired) electrons. The van der Waals surface area contributed by atoms with Crippen molar-refractivity contribution in [1.82, 2.24) is 14.9 Å². The molecule has 1 atom stereocenters. The quantitative estimate of drug-likeness (QED) is 0.912. The number of nitrogens with one attached hydrogen (secondary N) is 1. The van der Waals surface area contributed by atoms with Crippen molar-refractivity contribution >= 4 is 27.6 Å². The van der Waals surface area contributed by atoms with Gasteiger partial charge in [-0.1, -0.05) is 0 Å². The van der Waals surface area contributed by atoms with Gasteiger partial charge in [0, 0.05) is 25.7 Å². The summed E-state index contributed by atoms with van der Waals surface area (Å²) in [6.07, 6.45) is 5.62. The number of aromatic nitrogens is 2. The zero-order chi connectivity index (χ0) is 13.9. The summed E-state index contributed by atoms with van der Waals surface area (Å²) in [5.74, 6) is 1.92. The molecule has 2 aliphatic rings. The minimum atomic E-state index is 0.696. The van der Waals surface area contributed by atoms with Crippen LogP contribution >= 0.6 is 15.9 Å². The predicted octanol–water partition coefficient (Wildman–Crippen LogP) is 2.35. The van der Waals surface area contributed by atoms with Gasteiger partial charge in [0.2, 0.25) is 0 Å². The van der Waals surface area contributed by atoms with Crippen molar-refractivity contribution in [3.63, 3.8) is 0 Å². The Balaban J connectivity index is 1.72. The van der Waals surface area contributed by atoms with E-state index in [9.17, 15) is 0 Å². The van der Waals surface area contributed by atoms with Crippen LogP contribution < -0.4 is 10.2 Å². The van der Waals surface area contributed by atoms with Crippen LogP contribution in [-0.2, 0) is 0 Å². The lowest BCUT2D eigenvalue weighted by Crippen LogP contribution is -2.35. The van der Waals surface area contributed by atoms with Gasteiger partial charge in [0.1, 0.15) is 22.4 Å². The van der Waals surface area contributed by atoms with Crippen molar-refractivity contribution in [3.05, 3.63) is 10.8 Å². The topological polar surface area (TPSA) is 44.3 Å². The lowest BCUT2D eigenvalue weighted by atomic mass is 10.2.